The second-order valence-electron chi connectivity index (χ2n) is 3.92. The summed E-state index contributed by atoms with van der Waals surface area (Å²) in [7, 11) is 0. The first-order valence-corrected chi connectivity index (χ1v) is 5.66. The molecular formula is C9H18INO2. The highest BCUT2D eigenvalue weighted by molar-refractivity contribution is 14.1. The summed E-state index contributed by atoms with van der Waals surface area (Å²) in [6.07, 6.45) is 1.36. The van der Waals surface area contributed by atoms with Crippen molar-refractivity contribution in [1.29, 1.82) is 0 Å². The lowest BCUT2D eigenvalue weighted by Crippen LogP contribution is -2.17. The van der Waals surface area contributed by atoms with Gasteiger partial charge in [-0.2, -0.15) is 0 Å². The van der Waals surface area contributed by atoms with Gasteiger partial charge in [0.05, 0.1) is 0 Å². The average molecular weight is 299 g/mol. The van der Waals surface area contributed by atoms with Gasteiger partial charge in [-0.15, -0.1) is 0 Å². The number of rotatable bonds is 1. The molecule has 0 aromatic carbocycles. The van der Waals surface area contributed by atoms with Gasteiger partial charge >= 0.3 is 0 Å². The number of nitrogens with one attached hydrogen (secondary N) is 1. The third-order valence-electron chi connectivity index (χ3n) is 1.40. The van der Waals surface area contributed by atoms with Crippen molar-refractivity contribution in [3.63, 3.8) is 0 Å². The molecule has 1 fully saturated rings. The third-order valence-corrected chi connectivity index (χ3v) is 2.47. The highest BCUT2D eigenvalue weighted by Gasteiger charge is 2.08. The fourth-order valence-corrected chi connectivity index (χ4v) is 1.39. The van der Waals surface area contributed by atoms with Gasteiger partial charge in [-0.25, -0.2) is 0 Å². The lowest BCUT2D eigenvalue weighted by molar-refractivity contribution is -0.138. The Labute approximate surface area is 93.7 Å². The van der Waals surface area contributed by atoms with E-state index in [1.165, 1.54) is 19.5 Å². The Morgan fingerprint density at radius 1 is 1.54 bits per heavy atom. The summed E-state index contributed by atoms with van der Waals surface area (Å²) in [5, 5.41) is 3.26. The molecule has 0 spiro atoms. The molecule has 1 aliphatic rings. The van der Waals surface area contributed by atoms with E-state index in [4.69, 9.17) is 0 Å². The molecule has 1 unspecified atom stereocenters. The molecule has 3 nitrogen and oxygen atoms in total. The summed E-state index contributed by atoms with van der Waals surface area (Å²) in [6.45, 7) is 8.37. The predicted molar refractivity (Wildman–Crippen MR) is 62.2 cm³/mol. The molecule has 4 heteroatoms. The van der Waals surface area contributed by atoms with E-state index in [2.05, 4.69) is 32.6 Å². The lowest BCUT2D eigenvalue weighted by atomic mass is 10.2. The van der Waals surface area contributed by atoms with Crippen molar-refractivity contribution < 1.29 is 9.53 Å². The molecule has 0 aromatic rings. The van der Waals surface area contributed by atoms with Gasteiger partial charge in [-0.3, -0.25) is 4.79 Å². The highest BCUT2D eigenvalue weighted by Crippen LogP contribution is 2.07. The first-order valence-electron chi connectivity index (χ1n) is 4.42. The number of carbonyl (C=O) groups is 1. The zero-order valence-electron chi connectivity index (χ0n) is 8.47. The van der Waals surface area contributed by atoms with Crippen molar-refractivity contribution in [2.45, 2.75) is 36.7 Å². The number of ether oxygens (including phenoxy) is 1. The number of halogens is 1. The SMILES string of the molecule is CC(C)(C)OC=O.IC1CCNC1. The van der Waals surface area contributed by atoms with E-state index in [-0.39, 0.29) is 5.60 Å². The molecule has 0 saturated carbocycles. The Morgan fingerprint density at radius 2 is 2.15 bits per heavy atom. The van der Waals surface area contributed by atoms with Gasteiger partial charge < -0.3 is 10.1 Å². The molecule has 78 valence electrons. The highest BCUT2D eigenvalue weighted by atomic mass is 127. The molecule has 0 radical (unpaired) electrons. The van der Waals surface area contributed by atoms with Gasteiger partial charge in [-0.1, -0.05) is 22.6 Å². The Morgan fingerprint density at radius 3 is 2.23 bits per heavy atom. The van der Waals surface area contributed by atoms with Crippen LogP contribution < -0.4 is 5.32 Å². The normalized spacial score (nSPS) is 21.7. The zero-order chi connectivity index (χ0) is 10.3. The quantitative estimate of drug-likeness (QED) is 0.455. The standard InChI is InChI=1S/C5H10O2.C4H8IN/c1-5(2,3)7-4-6;5-4-1-2-6-3-4/h4H,1-3H3;4,6H,1-3H2. The minimum Gasteiger partial charge on any atom is -0.462 e. The van der Waals surface area contributed by atoms with Crippen molar-refractivity contribution >= 4 is 29.1 Å². The van der Waals surface area contributed by atoms with E-state index in [9.17, 15) is 4.79 Å². The lowest BCUT2D eigenvalue weighted by Gasteiger charge is -2.14. The second-order valence-corrected chi connectivity index (χ2v) is 5.68. The molecular weight excluding hydrogens is 281 g/mol. The summed E-state index contributed by atoms with van der Waals surface area (Å²) < 4.78 is 5.45. The van der Waals surface area contributed by atoms with Gasteiger partial charge in [0.15, 0.2) is 0 Å². The molecule has 0 bridgehead atoms. The van der Waals surface area contributed by atoms with Crippen LogP contribution in [0.2, 0.25) is 0 Å². The van der Waals surface area contributed by atoms with Crippen LogP contribution in [0.1, 0.15) is 27.2 Å². The van der Waals surface area contributed by atoms with Crippen LogP contribution in [0.5, 0.6) is 0 Å². The zero-order valence-corrected chi connectivity index (χ0v) is 10.6. The van der Waals surface area contributed by atoms with Gasteiger partial charge in [0, 0.05) is 10.5 Å². The smallest absolute Gasteiger partial charge is 0.293 e. The van der Waals surface area contributed by atoms with E-state index in [1.807, 2.05) is 20.8 Å². The van der Waals surface area contributed by atoms with Crippen LogP contribution in [0.25, 0.3) is 0 Å². The largest absolute Gasteiger partial charge is 0.462 e. The van der Waals surface area contributed by atoms with Crippen LogP contribution in [0.15, 0.2) is 0 Å². The molecule has 0 amide bonds. The number of hydrogen-bond donors (Lipinski definition) is 1. The average Bonchev–Trinajstić information content (AvgIpc) is 2.38. The maximum absolute atomic E-state index is 9.60. The van der Waals surface area contributed by atoms with Gasteiger partial charge in [0.1, 0.15) is 5.60 Å². The molecule has 1 atom stereocenters. The Hall–Kier alpha value is 0.160. The maximum Gasteiger partial charge on any atom is 0.293 e. The van der Waals surface area contributed by atoms with E-state index in [0.29, 0.717) is 6.47 Å². The summed E-state index contributed by atoms with van der Waals surface area (Å²) in [5.41, 5.74) is -0.318. The predicted octanol–water partition coefficient (Wildman–Crippen LogP) is 1.74. The summed E-state index contributed by atoms with van der Waals surface area (Å²) >= 11 is 2.47. The Bertz CT molecular complexity index is 139. The number of hydrogen-bond acceptors (Lipinski definition) is 3. The van der Waals surface area contributed by atoms with Crippen LogP contribution >= 0.6 is 22.6 Å². The van der Waals surface area contributed by atoms with Gasteiger partial charge in [0.2, 0.25) is 0 Å². The van der Waals surface area contributed by atoms with Crippen molar-refractivity contribution in [3.8, 4) is 0 Å². The van der Waals surface area contributed by atoms with Crippen molar-refractivity contribution in [3.05, 3.63) is 0 Å². The topological polar surface area (TPSA) is 38.3 Å². The van der Waals surface area contributed by atoms with Crippen LogP contribution in [-0.4, -0.2) is 29.1 Å². The van der Waals surface area contributed by atoms with E-state index in [1.54, 1.807) is 0 Å². The fraction of sp³-hybridized carbons (Fsp3) is 0.889. The van der Waals surface area contributed by atoms with E-state index < -0.39 is 0 Å². The molecule has 1 saturated heterocycles. The summed E-state index contributed by atoms with van der Waals surface area (Å²) in [6, 6.07) is 0. The first kappa shape index (κ1) is 13.2. The van der Waals surface area contributed by atoms with Crippen molar-refractivity contribution in [1.82, 2.24) is 5.32 Å². The fourth-order valence-electron chi connectivity index (χ4n) is 0.764. The molecule has 1 aliphatic heterocycles. The molecule has 0 aromatic heterocycles. The van der Waals surface area contributed by atoms with Gasteiger partial charge in [0.25, 0.3) is 6.47 Å². The van der Waals surface area contributed by atoms with Crippen molar-refractivity contribution in [2.24, 2.45) is 0 Å². The molecule has 13 heavy (non-hydrogen) atoms. The molecule has 1 rings (SSSR count). The van der Waals surface area contributed by atoms with Gasteiger partial charge in [-0.05, 0) is 33.7 Å². The third kappa shape index (κ3) is 10.1. The van der Waals surface area contributed by atoms with E-state index in [0.717, 1.165) is 3.92 Å². The Balaban J connectivity index is 0.000000223. The van der Waals surface area contributed by atoms with Crippen LogP contribution in [0.4, 0.5) is 0 Å². The maximum atomic E-state index is 9.60. The Kier molecular flexibility index (Phi) is 6.67. The van der Waals surface area contributed by atoms with E-state index >= 15 is 0 Å². The molecule has 1 N–H and O–H groups in total. The summed E-state index contributed by atoms with van der Waals surface area (Å²) in [5.74, 6) is 0. The first-order chi connectivity index (χ1) is 5.95. The van der Waals surface area contributed by atoms with Crippen molar-refractivity contribution in [2.75, 3.05) is 13.1 Å². The second kappa shape index (κ2) is 6.59. The summed E-state index contributed by atoms with van der Waals surface area (Å²) in [4.78, 5) is 9.60. The molecule has 1 heterocycles. The van der Waals surface area contributed by atoms with Crippen LogP contribution in [0, 0.1) is 0 Å². The van der Waals surface area contributed by atoms with Crippen LogP contribution in [-0.2, 0) is 9.53 Å². The minimum atomic E-state index is -0.318. The number of carbonyl (C=O) groups excluding carboxylic acids is 1. The molecule has 0 aliphatic carbocycles. The van der Waals surface area contributed by atoms with Crippen LogP contribution in [0.3, 0.4) is 0 Å². The monoisotopic (exact) mass is 299 g/mol. The minimum absolute atomic E-state index is 0.318. The number of alkyl halides is 1.